The summed E-state index contributed by atoms with van der Waals surface area (Å²) in [6.45, 7) is 9.14. The first kappa shape index (κ1) is 22.9. The van der Waals surface area contributed by atoms with Crippen LogP contribution in [0.1, 0.15) is 37.6 Å². The Balaban J connectivity index is 1.36. The minimum Gasteiger partial charge on any atom is -0.373 e. The summed E-state index contributed by atoms with van der Waals surface area (Å²) in [4.78, 5) is 31.4. The van der Waals surface area contributed by atoms with Gasteiger partial charge in [0.05, 0.1) is 12.7 Å². The fraction of sp³-hybridized carbons (Fsp3) is 0.478. The van der Waals surface area contributed by atoms with E-state index in [2.05, 4.69) is 28.5 Å². The third-order valence-corrected chi connectivity index (χ3v) is 6.18. The number of aromatic nitrogens is 5. The Hall–Kier alpha value is -3.27. The van der Waals surface area contributed by atoms with Crippen LogP contribution in [0.25, 0.3) is 5.78 Å². The number of likely N-dealkylation sites (tertiary alicyclic amines) is 1. The average molecular weight is 457 g/mol. The summed E-state index contributed by atoms with van der Waals surface area (Å²) in [5, 5.41) is 4.17. The zero-order chi connectivity index (χ0) is 23.7. The number of ether oxygens (including phenoxy) is 1. The number of benzene rings is 1. The Morgan fingerprint density at radius 3 is 2.73 bits per heavy atom. The van der Waals surface area contributed by atoms with Crippen LogP contribution in [-0.4, -0.2) is 47.3 Å². The smallest absolute Gasteiger partial charge is 0.355 e. The number of piperidine rings is 1. The molecule has 9 nitrogen and oxygen atoms in total. The van der Waals surface area contributed by atoms with E-state index in [0.717, 1.165) is 16.7 Å². The number of halogens is 1. The van der Waals surface area contributed by atoms with E-state index in [1.165, 1.54) is 15.1 Å². The van der Waals surface area contributed by atoms with Crippen molar-refractivity contribution in [3.8, 4) is 0 Å². The summed E-state index contributed by atoms with van der Waals surface area (Å²) in [5.41, 5.74) is 0.482. The number of aryl methyl sites for hydroxylation is 2. The molecule has 3 heterocycles. The molecular weight excluding hydrogens is 427 g/mol. The first-order chi connectivity index (χ1) is 15.8. The fourth-order valence-corrected chi connectivity index (χ4v) is 4.49. The van der Waals surface area contributed by atoms with Crippen LogP contribution in [0.4, 0.5) is 4.39 Å². The molecule has 0 aliphatic carbocycles. The molecule has 1 saturated heterocycles. The van der Waals surface area contributed by atoms with Crippen molar-refractivity contribution >= 4 is 5.78 Å². The molecule has 0 spiro atoms. The van der Waals surface area contributed by atoms with Gasteiger partial charge in [-0.2, -0.15) is 10.1 Å². The Morgan fingerprint density at radius 2 is 2.00 bits per heavy atom. The molecule has 3 aromatic rings. The molecule has 2 unspecified atom stereocenters. The Kier molecular flexibility index (Phi) is 6.46. The number of fused-ring (bicyclic) bond motifs is 1. The van der Waals surface area contributed by atoms with Crippen LogP contribution in [0, 0.1) is 12.7 Å². The van der Waals surface area contributed by atoms with E-state index in [1.807, 2.05) is 0 Å². The number of nitrogens with zero attached hydrogens (tertiary/aromatic N) is 6. The highest BCUT2D eigenvalue weighted by molar-refractivity contribution is 5.26. The minimum atomic E-state index is -0.574. The second kappa shape index (κ2) is 9.30. The van der Waals surface area contributed by atoms with Crippen LogP contribution in [0.15, 0.2) is 46.1 Å². The second-order valence-corrected chi connectivity index (χ2v) is 8.56. The lowest BCUT2D eigenvalue weighted by Crippen LogP contribution is -2.43. The maximum absolute atomic E-state index is 13.8. The lowest BCUT2D eigenvalue weighted by atomic mass is 9.97. The van der Waals surface area contributed by atoms with Gasteiger partial charge in [-0.15, -0.1) is 0 Å². The summed E-state index contributed by atoms with van der Waals surface area (Å²) in [6, 6.07) is 6.80. The number of rotatable bonds is 7. The summed E-state index contributed by atoms with van der Waals surface area (Å²) in [7, 11) is 1.65. The topological polar surface area (TPSA) is 86.7 Å². The monoisotopic (exact) mass is 456 g/mol. The van der Waals surface area contributed by atoms with E-state index < -0.39 is 11.4 Å². The number of hydrogen-bond acceptors (Lipinski definition) is 6. The molecule has 0 saturated carbocycles. The summed E-state index contributed by atoms with van der Waals surface area (Å²) < 4.78 is 23.7. The van der Waals surface area contributed by atoms with E-state index in [1.54, 1.807) is 32.2 Å². The number of hydrogen-bond donors (Lipinski definition) is 0. The third-order valence-electron chi connectivity index (χ3n) is 6.18. The van der Waals surface area contributed by atoms with Crippen molar-refractivity contribution in [1.29, 1.82) is 0 Å². The Labute approximate surface area is 190 Å². The van der Waals surface area contributed by atoms with Crippen LogP contribution in [-0.2, 0) is 24.9 Å². The van der Waals surface area contributed by atoms with Crippen LogP contribution in [0.5, 0.6) is 0 Å². The predicted octanol–water partition coefficient (Wildman–Crippen LogP) is 2.01. The van der Waals surface area contributed by atoms with Gasteiger partial charge in [0.1, 0.15) is 11.6 Å². The van der Waals surface area contributed by atoms with Crippen LogP contribution >= 0.6 is 0 Å². The molecular formula is C23H29FN6O3. The van der Waals surface area contributed by atoms with Crippen molar-refractivity contribution < 1.29 is 9.13 Å². The van der Waals surface area contributed by atoms with Crippen LogP contribution < -0.4 is 11.4 Å². The standard InChI is InChI=1S/C23H29FN6O3/c1-15-12-19(33-14-18-8-5-6-9-20(18)24)13-16(2)28(15)10-7-11-29-22(31)25-21-27(4)26-17(3)30(21)23(29)32/h5-6,8-9,16,19H,1,7,10-14H2,2-4H3. The van der Waals surface area contributed by atoms with Gasteiger partial charge in [0.25, 0.3) is 0 Å². The molecule has 2 atom stereocenters. The molecule has 4 rings (SSSR count). The van der Waals surface area contributed by atoms with Crippen molar-refractivity contribution in [1.82, 2.24) is 28.6 Å². The first-order valence-corrected chi connectivity index (χ1v) is 11.1. The van der Waals surface area contributed by atoms with Gasteiger partial charge in [-0.1, -0.05) is 24.8 Å². The highest BCUT2D eigenvalue weighted by Gasteiger charge is 2.28. The molecule has 0 N–H and O–H groups in total. The van der Waals surface area contributed by atoms with Gasteiger partial charge in [-0.25, -0.2) is 27.6 Å². The highest BCUT2D eigenvalue weighted by atomic mass is 19.1. The summed E-state index contributed by atoms with van der Waals surface area (Å²) in [5.74, 6) is 0.457. The van der Waals surface area contributed by atoms with E-state index in [0.29, 0.717) is 30.8 Å². The lowest BCUT2D eigenvalue weighted by Gasteiger charge is -2.40. The molecule has 1 aliphatic heterocycles. The van der Waals surface area contributed by atoms with E-state index >= 15 is 0 Å². The maximum Gasteiger partial charge on any atom is 0.355 e. The molecule has 1 fully saturated rings. The maximum atomic E-state index is 13.8. The molecule has 0 amide bonds. The van der Waals surface area contributed by atoms with Crippen molar-refractivity contribution in [2.24, 2.45) is 7.05 Å². The van der Waals surface area contributed by atoms with Crippen molar-refractivity contribution in [2.75, 3.05) is 6.54 Å². The van der Waals surface area contributed by atoms with Crippen molar-refractivity contribution in [3.63, 3.8) is 0 Å². The lowest BCUT2D eigenvalue weighted by molar-refractivity contribution is -0.00436. The van der Waals surface area contributed by atoms with Crippen molar-refractivity contribution in [3.05, 3.63) is 74.7 Å². The second-order valence-electron chi connectivity index (χ2n) is 8.56. The fourth-order valence-electron chi connectivity index (χ4n) is 4.49. The van der Waals surface area contributed by atoms with Crippen molar-refractivity contribution in [2.45, 2.75) is 58.4 Å². The van der Waals surface area contributed by atoms with E-state index in [9.17, 15) is 14.0 Å². The van der Waals surface area contributed by atoms with E-state index in [-0.39, 0.29) is 36.9 Å². The molecule has 176 valence electrons. The average Bonchev–Trinajstić information content (AvgIpc) is 3.04. The zero-order valence-electron chi connectivity index (χ0n) is 19.2. The Morgan fingerprint density at radius 1 is 1.24 bits per heavy atom. The van der Waals surface area contributed by atoms with Gasteiger partial charge < -0.3 is 9.64 Å². The molecule has 1 aromatic carbocycles. The van der Waals surface area contributed by atoms with Gasteiger partial charge in [0.2, 0.25) is 5.78 Å². The summed E-state index contributed by atoms with van der Waals surface area (Å²) >= 11 is 0. The third kappa shape index (κ3) is 4.61. The van der Waals surface area contributed by atoms with Gasteiger partial charge >= 0.3 is 11.4 Å². The highest BCUT2D eigenvalue weighted by Crippen LogP contribution is 2.28. The Bertz CT molecular complexity index is 1290. The molecule has 33 heavy (non-hydrogen) atoms. The van der Waals surface area contributed by atoms with Gasteiger partial charge in [-0.3, -0.25) is 0 Å². The van der Waals surface area contributed by atoms with E-state index in [4.69, 9.17) is 4.74 Å². The molecule has 2 aromatic heterocycles. The predicted molar refractivity (Wildman–Crippen MR) is 121 cm³/mol. The van der Waals surface area contributed by atoms with Crippen LogP contribution in [0.2, 0.25) is 0 Å². The minimum absolute atomic E-state index is 0.0317. The molecule has 1 aliphatic rings. The molecule has 0 radical (unpaired) electrons. The van der Waals surface area contributed by atoms with Gasteiger partial charge in [0.15, 0.2) is 0 Å². The quantitative estimate of drug-likeness (QED) is 0.541. The van der Waals surface area contributed by atoms with Gasteiger partial charge in [-0.05, 0) is 32.8 Å². The van der Waals surface area contributed by atoms with Gasteiger partial charge in [0, 0.05) is 43.9 Å². The zero-order valence-corrected chi connectivity index (χ0v) is 19.2. The largest absolute Gasteiger partial charge is 0.373 e. The van der Waals surface area contributed by atoms with Crippen LogP contribution in [0.3, 0.4) is 0 Å². The normalized spacial score (nSPS) is 18.9. The first-order valence-electron chi connectivity index (χ1n) is 11.1. The SMILES string of the molecule is C=C1CC(OCc2ccccc2F)CC(C)N1CCCn1c(=O)nc2n(C)nc(C)n2c1=O. The molecule has 10 heteroatoms. The summed E-state index contributed by atoms with van der Waals surface area (Å²) in [6.07, 6.45) is 2.00. The molecule has 0 bridgehead atoms.